The lowest BCUT2D eigenvalue weighted by Crippen LogP contribution is -2.35. The molecule has 1 saturated heterocycles. The first-order valence-electron chi connectivity index (χ1n) is 7.00. The molecule has 3 nitrogen and oxygen atoms in total. The normalized spacial score (nSPS) is 19.2. The second-order valence-corrected chi connectivity index (χ2v) is 6.42. The zero-order valence-electron chi connectivity index (χ0n) is 12.6. The molecule has 20 heavy (non-hydrogen) atoms. The molecule has 1 aliphatic rings. The predicted octanol–water partition coefficient (Wildman–Crippen LogP) is 3.86. The monoisotopic (exact) mass is 279 g/mol. The molecule has 0 saturated carbocycles. The number of likely N-dealkylation sites (tertiary alicyclic amines) is 1. The number of carbonyl (C=O) groups excluding carboxylic acids is 1. The van der Waals surface area contributed by atoms with Crippen molar-refractivity contribution in [2.45, 2.75) is 45.6 Å². The average molecular weight is 279 g/mol. The highest BCUT2D eigenvalue weighted by Gasteiger charge is 2.30. The van der Waals surface area contributed by atoms with Gasteiger partial charge in [0, 0.05) is 19.0 Å². The van der Waals surface area contributed by atoms with Gasteiger partial charge in [-0.2, -0.15) is 0 Å². The number of aryl methyl sites for hydroxylation is 1. The first-order chi connectivity index (χ1) is 9.26. The van der Waals surface area contributed by atoms with E-state index >= 15 is 0 Å². The Labute approximate surface area is 119 Å². The van der Waals surface area contributed by atoms with E-state index in [2.05, 4.69) is 0 Å². The molecule has 1 heterocycles. The van der Waals surface area contributed by atoms with Crippen molar-refractivity contribution in [1.82, 2.24) is 4.90 Å². The number of nitrogens with zero attached hydrogens (tertiary/aromatic N) is 1. The van der Waals surface area contributed by atoms with Gasteiger partial charge in [0.1, 0.15) is 11.4 Å². The number of hydrogen-bond acceptors (Lipinski definition) is 2. The molecule has 1 amide bonds. The summed E-state index contributed by atoms with van der Waals surface area (Å²) in [4.78, 5) is 13.7. The molecule has 2 rings (SSSR count). The Balaban J connectivity index is 2.01. The topological polar surface area (TPSA) is 29.5 Å². The van der Waals surface area contributed by atoms with Gasteiger partial charge in [-0.05, 0) is 51.3 Å². The van der Waals surface area contributed by atoms with Gasteiger partial charge in [-0.1, -0.05) is 12.1 Å². The molecule has 1 aliphatic heterocycles. The molecule has 0 aromatic heterocycles. The molecule has 1 atom stereocenters. The maximum atomic E-state index is 13.3. The van der Waals surface area contributed by atoms with Crippen molar-refractivity contribution in [3.05, 3.63) is 35.1 Å². The summed E-state index contributed by atoms with van der Waals surface area (Å²) in [6, 6.07) is 5.19. The molecule has 1 fully saturated rings. The molecular weight excluding hydrogens is 257 g/mol. The van der Waals surface area contributed by atoms with Gasteiger partial charge in [0.05, 0.1) is 0 Å². The molecule has 1 aromatic carbocycles. The maximum absolute atomic E-state index is 13.3. The number of benzene rings is 1. The molecule has 110 valence electrons. The Bertz CT molecular complexity index is 508. The Kier molecular flexibility index (Phi) is 4.02. The van der Waals surface area contributed by atoms with Crippen LogP contribution >= 0.6 is 0 Å². The van der Waals surface area contributed by atoms with E-state index in [1.165, 1.54) is 6.07 Å². The highest BCUT2D eigenvalue weighted by Crippen LogP contribution is 2.29. The number of carbonyl (C=O) groups is 1. The molecule has 0 N–H and O–H groups in total. The van der Waals surface area contributed by atoms with Gasteiger partial charge in [0.2, 0.25) is 0 Å². The van der Waals surface area contributed by atoms with E-state index in [4.69, 9.17) is 4.74 Å². The number of ether oxygens (including phenoxy) is 1. The van der Waals surface area contributed by atoms with Gasteiger partial charge in [-0.15, -0.1) is 0 Å². The summed E-state index contributed by atoms with van der Waals surface area (Å²) in [6.07, 6.45) is 0.628. The van der Waals surface area contributed by atoms with Gasteiger partial charge >= 0.3 is 6.09 Å². The lowest BCUT2D eigenvalue weighted by Gasteiger charge is -2.24. The van der Waals surface area contributed by atoms with Gasteiger partial charge in [-0.3, -0.25) is 0 Å². The molecule has 0 spiro atoms. The van der Waals surface area contributed by atoms with Crippen LogP contribution in [0.15, 0.2) is 18.2 Å². The lowest BCUT2D eigenvalue weighted by atomic mass is 9.97. The first-order valence-corrected chi connectivity index (χ1v) is 7.00. The standard InChI is InChI=1S/C16H22FNO2/c1-11-9-12(5-6-14(11)17)13-7-8-18(10-13)15(19)20-16(2,3)4/h5-6,9,13H,7-8,10H2,1-4H3. The van der Waals surface area contributed by atoms with Crippen LogP contribution < -0.4 is 0 Å². The van der Waals surface area contributed by atoms with Crippen molar-refractivity contribution in [1.29, 1.82) is 0 Å². The average Bonchev–Trinajstić information content (AvgIpc) is 2.80. The van der Waals surface area contributed by atoms with Crippen molar-refractivity contribution < 1.29 is 13.9 Å². The van der Waals surface area contributed by atoms with E-state index in [9.17, 15) is 9.18 Å². The lowest BCUT2D eigenvalue weighted by molar-refractivity contribution is 0.0292. The van der Waals surface area contributed by atoms with Crippen LogP contribution in [0.2, 0.25) is 0 Å². The number of halogens is 1. The maximum Gasteiger partial charge on any atom is 0.410 e. The molecule has 0 bridgehead atoms. The molecule has 1 unspecified atom stereocenters. The van der Waals surface area contributed by atoms with E-state index in [1.54, 1.807) is 11.8 Å². The summed E-state index contributed by atoms with van der Waals surface area (Å²) in [5, 5.41) is 0. The van der Waals surface area contributed by atoms with Crippen LogP contribution in [0, 0.1) is 12.7 Å². The van der Waals surface area contributed by atoms with Crippen LogP contribution in [0.5, 0.6) is 0 Å². The fourth-order valence-electron chi connectivity index (χ4n) is 2.45. The summed E-state index contributed by atoms with van der Waals surface area (Å²) in [5.41, 5.74) is 1.27. The SMILES string of the molecule is Cc1cc(C2CCN(C(=O)OC(C)(C)C)C2)ccc1F. The van der Waals surface area contributed by atoms with Crippen LogP contribution in [0.25, 0.3) is 0 Å². The molecular formula is C16H22FNO2. The second kappa shape index (κ2) is 5.43. The quantitative estimate of drug-likeness (QED) is 0.781. The molecule has 1 aromatic rings. The van der Waals surface area contributed by atoms with E-state index < -0.39 is 5.60 Å². The van der Waals surface area contributed by atoms with Crippen molar-refractivity contribution in [2.75, 3.05) is 13.1 Å². The number of hydrogen-bond donors (Lipinski definition) is 0. The third kappa shape index (κ3) is 3.50. The highest BCUT2D eigenvalue weighted by atomic mass is 19.1. The van der Waals surface area contributed by atoms with Crippen LogP contribution in [0.4, 0.5) is 9.18 Å². The van der Waals surface area contributed by atoms with Crippen LogP contribution in [0.3, 0.4) is 0 Å². The Hall–Kier alpha value is -1.58. The minimum Gasteiger partial charge on any atom is -0.444 e. The molecule has 0 aliphatic carbocycles. The fourth-order valence-corrected chi connectivity index (χ4v) is 2.45. The summed E-state index contributed by atoms with van der Waals surface area (Å²) in [7, 11) is 0. The fraction of sp³-hybridized carbons (Fsp3) is 0.562. The van der Waals surface area contributed by atoms with Crippen molar-refractivity contribution in [3.63, 3.8) is 0 Å². The minimum atomic E-state index is -0.471. The smallest absolute Gasteiger partial charge is 0.410 e. The predicted molar refractivity (Wildman–Crippen MR) is 76.3 cm³/mol. The van der Waals surface area contributed by atoms with Crippen molar-refractivity contribution >= 4 is 6.09 Å². The van der Waals surface area contributed by atoms with E-state index in [0.717, 1.165) is 12.0 Å². The minimum absolute atomic E-state index is 0.184. The highest BCUT2D eigenvalue weighted by molar-refractivity contribution is 5.68. The Morgan fingerprint density at radius 2 is 2.10 bits per heavy atom. The Morgan fingerprint density at radius 1 is 1.40 bits per heavy atom. The second-order valence-electron chi connectivity index (χ2n) is 6.42. The van der Waals surface area contributed by atoms with E-state index in [-0.39, 0.29) is 17.8 Å². The zero-order valence-corrected chi connectivity index (χ0v) is 12.6. The third-order valence-corrected chi connectivity index (χ3v) is 3.49. The van der Waals surface area contributed by atoms with E-state index in [1.807, 2.05) is 32.9 Å². The van der Waals surface area contributed by atoms with Crippen LogP contribution in [-0.2, 0) is 4.74 Å². The third-order valence-electron chi connectivity index (χ3n) is 3.49. The van der Waals surface area contributed by atoms with Crippen LogP contribution in [0.1, 0.15) is 44.2 Å². The number of rotatable bonds is 1. The van der Waals surface area contributed by atoms with Crippen LogP contribution in [-0.4, -0.2) is 29.7 Å². The Morgan fingerprint density at radius 3 is 2.70 bits per heavy atom. The van der Waals surface area contributed by atoms with Gasteiger partial charge < -0.3 is 9.64 Å². The largest absolute Gasteiger partial charge is 0.444 e. The summed E-state index contributed by atoms with van der Waals surface area (Å²) < 4.78 is 18.7. The summed E-state index contributed by atoms with van der Waals surface area (Å²) in [5.74, 6) is 0.0811. The van der Waals surface area contributed by atoms with Gasteiger partial charge in [-0.25, -0.2) is 9.18 Å². The van der Waals surface area contributed by atoms with E-state index in [0.29, 0.717) is 18.7 Å². The van der Waals surface area contributed by atoms with Crippen molar-refractivity contribution in [3.8, 4) is 0 Å². The first kappa shape index (κ1) is 14.8. The molecule has 4 heteroatoms. The van der Waals surface area contributed by atoms with Crippen molar-refractivity contribution in [2.24, 2.45) is 0 Å². The summed E-state index contributed by atoms with van der Waals surface area (Å²) >= 11 is 0. The molecule has 0 radical (unpaired) electrons. The number of amides is 1. The van der Waals surface area contributed by atoms with Gasteiger partial charge in [0.15, 0.2) is 0 Å². The summed E-state index contributed by atoms with van der Waals surface area (Å²) in [6.45, 7) is 8.68. The zero-order chi connectivity index (χ0) is 14.9. The van der Waals surface area contributed by atoms with Gasteiger partial charge in [0.25, 0.3) is 0 Å².